The highest BCUT2D eigenvalue weighted by Gasteiger charge is 2.32. The maximum atomic E-state index is 13.1. The summed E-state index contributed by atoms with van der Waals surface area (Å²) in [7, 11) is -3.53. The Balaban J connectivity index is 1.56. The summed E-state index contributed by atoms with van der Waals surface area (Å²) in [6.07, 6.45) is 0. The zero-order valence-corrected chi connectivity index (χ0v) is 18.3. The van der Waals surface area contributed by atoms with Gasteiger partial charge in [-0.2, -0.15) is 4.31 Å². The Kier molecular flexibility index (Phi) is 6.90. The fourth-order valence-electron chi connectivity index (χ4n) is 3.53. The number of carbonyl (C=O) groups is 1. The van der Waals surface area contributed by atoms with Crippen LogP contribution in [0.1, 0.15) is 31.0 Å². The molecule has 162 valence electrons. The first-order valence-corrected chi connectivity index (χ1v) is 11.5. The van der Waals surface area contributed by atoms with Crippen molar-refractivity contribution in [3.05, 3.63) is 65.5 Å². The molecule has 0 saturated carbocycles. The number of aryl methyl sites for hydroxylation is 1. The summed E-state index contributed by atoms with van der Waals surface area (Å²) >= 11 is 0. The minimum Gasteiger partial charge on any atom is -0.348 e. The van der Waals surface area contributed by atoms with Gasteiger partial charge in [0, 0.05) is 26.2 Å². The van der Waals surface area contributed by atoms with E-state index in [1.165, 1.54) is 16.4 Å². The highest BCUT2D eigenvalue weighted by atomic mass is 32.2. The van der Waals surface area contributed by atoms with Gasteiger partial charge in [-0.3, -0.25) is 9.69 Å². The predicted octanol–water partition coefficient (Wildman–Crippen LogP) is 2.71. The first-order valence-electron chi connectivity index (χ1n) is 10.0. The van der Waals surface area contributed by atoms with Crippen molar-refractivity contribution in [1.29, 1.82) is 0 Å². The van der Waals surface area contributed by atoms with Crippen LogP contribution in [0.25, 0.3) is 0 Å². The molecule has 1 aliphatic heterocycles. The van der Waals surface area contributed by atoms with Gasteiger partial charge in [-0.05, 0) is 50.6 Å². The molecule has 0 aromatic heterocycles. The van der Waals surface area contributed by atoms with Crippen molar-refractivity contribution in [1.82, 2.24) is 14.5 Å². The van der Waals surface area contributed by atoms with Crippen molar-refractivity contribution < 1.29 is 17.6 Å². The lowest BCUT2D eigenvalue weighted by Crippen LogP contribution is -2.55. The average molecular weight is 434 g/mol. The number of rotatable bonds is 6. The van der Waals surface area contributed by atoms with Crippen LogP contribution in [0, 0.1) is 12.7 Å². The maximum absolute atomic E-state index is 13.1. The van der Waals surface area contributed by atoms with Crippen LogP contribution in [0.3, 0.4) is 0 Å². The van der Waals surface area contributed by atoms with E-state index in [0.717, 1.165) is 11.1 Å². The normalized spacial score (nSPS) is 18.0. The Labute approximate surface area is 177 Å². The van der Waals surface area contributed by atoms with Crippen LogP contribution in [0.15, 0.2) is 53.4 Å². The fraction of sp³-hybridized carbons (Fsp3) is 0.409. The minimum absolute atomic E-state index is 0.137. The van der Waals surface area contributed by atoms with Crippen LogP contribution < -0.4 is 5.32 Å². The SMILES string of the molecule is Cc1ccc(S(=O)(=O)N2CCN(C(C)C(=O)NC(C)c3ccc(F)cc3)CC2)cc1. The lowest BCUT2D eigenvalue weighted by Gasteiger charge is -2.37. The molecule has 1 fully saturated rings. The van der Waals surface area contributed by atoms with Crippen LogP contribution in [-0.4, -0.2) is 55.8 Å². The molecule has 2 aromatic rings. The Morgan fingerprint density at radius 1 is 0.967 bits per heavy atom. The molecule has 1 heterocycles. The molecule has 2 unspecified atom stereocenters. The quantitative estimate of drug-likeness (QED) is 0.761. The first-order chi connectivity index (χ1) is 14.2. The van der Waals surface area contributed by atoms with Crippen molar-refractivity contribution in [3.63, 3.8) is 0 Å². The smallest absolute Gasteiger partial charge is 0.243 e. The Morgan fingerprint density at radius 2 is 1.53 bits per heavy atom. The van der Waals surface area contributed by atoms with E-state index in [-0.39, 0.29) is 17.8 Å². The second-order valence-corrected chi connectivity index (χ2v) is 9.65. The average Bonchev–Trinajstić information content (AvgIpc) is 2.74. The van der Waals surface area contributed by atoms with Crippen LogP contribution in [0.5, 0.6) is 0 Å². The first kappa shape index (κ1) is 22.4. The monoisotopic (exact) mass is 433 g/mol. The number of nitrogens with zero attached hydrogens (tertiary/aromatic N) is 2. The van der Waals surface area contributed by atoms with Gasteiger partial charge in [-0.15, -0.1) is 0 Å². The molecule has 2 aromatic carbocycles. The molecule has 1 aliphatic rings. The Bertz CT molecular complexity index is 970. The van der Waals surface area contributed by atoms with E-state index in [4.69, 9.17) is 0 Å². The van der Waals surface area contributed by atoms with E-state index in [1.54, 1.807) is 36.4 Å². The molecule has 1 amide bonds. The zero-order valence-electron chi connectivity index (χ0n) is 17.5. The van der Waals surface area contributed by atoms with Crippen molar-refractivity contribution in [2.45, 2.75) is 37.8 Å². The van der Waals surface area contributed by atoms with Gasteiger partial charge in [-0.1, -0.05) is 29.8 Å². The second-order valence-electron chi connectivity index (χ2n) is 7.71. The maximum Gasteiger partial charge on any atom is 0.243 e. The van der Waals surface area contributed by atoms with E-state index in [9.17, 15) is 17.6 Å². The number of nitrogens with one attached hydrogen (secondary N) is 1. The zero-order chi connectivity index (χ0) is 21.9. The molecular formula is C22H28FN3O3S. The predicted molar refractivity (Wildman–Crippen MR) is 114 cm³/mol. The molecule has 1 saturated heterocycles. The Hall–Kier alpha value is -2.29. The van der Waals surface area contributed by atoms with Gasteiger partial charge < -0.3 is 5.32 Å². The van der Waals surface area contributed by atoms with Crippen molar-refractivity contribution in [2.75, 3.05) is 26.2 Å². The topological polar surface area (TPSA) is 69.7 Å². The number of halogens is 1. The molecule has 0 aliphatic carbocycles. The molecule has 3 rings (SSSR count). The molecule has 0 radical (unpaired) electrons. The molecule has 8 heteroatoms. The summed E-state index contributed by atoms with van der Waals surface area (Å²) in [6, 6.07) is 12.2. The van der Waals surface area contributed by atoms with Crippen LogP contribution in [-0.2, 0) is 14.8 Å². The second kappa shape index (κ2) is 9.24. The molecule has 0 bridgehead atoms. The summed E-state index contributed by atoms with van der Waals surface area (Å²) in [5.74, 6) is -0.453. The van der Waals surface area contributed by atoms with E-state index < -0.39 is 16.1 Å². The lowest BCUT2D eigenvalue weighted by atomic mass is 10.1. The highest BCUT2D eigenvalue weighted by Crippen LogP contribution is 2.19. The molecule has 0 spiro atoms. The summed E-state index contributed by atoms with van der Waals surface area (Å²) < 4.78 is 40.2. The van der Waals surface area contributed by atoms with Crippen LogP contribution >= 0.6 is 0 Å². The number of hydrogen-bond acceptors (Lipinski definition) is 4. The lowest BCUT2D eigenvalue weighted by molar-refractivity contribution is -0.127. The fourth-order valence-corrected chi connectivity index (χ4v) is 4.95. The van der Waals surface area contributed by atoms with Gasteiger partial charge >= 0.3 is 0 Å². The van der Waals surface area contributed by atoms with Crippen molar-refractivity contribution in [2.24, 2.45) is 0 Å². The van der Waals surface area contributed by atoms with Gasteiger partial charge in [0.1, 0.15) is 5.82 Å². The number of sulfonamides is 1. The summed E-state index contributed by atoms with van der Waals surface area (Å²) in [4.78, 5) is 14.9. The highest BCUT2D eigenvalue weighted by molar-refractivity contribution is 7.89. The van der Waals surface area contributed by atoms with E-state index in [2.05, 4.69) is 5.32 Å². The van der Waals surface area contributed by atoms with Crippen LogP contribution in [0.2, 0.25) is 0 Å². The Morgan fingerprint density at radius 3 is 2.10 bits per heavy atom. The molecule has 2 atom stereocenters. The standard InChI is InChI=1S/C22H28FN3O3S/c1-16-4-10-21(11-5-16)30(28,29)26-14-12-25(13-15-26)18(3)22(27)24-17(2)19-6-8-20(23)9-7-19/h4-11,17-18H,12-15H2,1-3H3,(H,24,27). The summed E-state index contributed by atoms with van der Waals surface area (Å²) in [5.41, 5.74) is 1.83. The van der Waals surface area contributed by atoms with Gasteiger partial charge in [0.05, 0.1) is 17.0 Å². The molecular weight excluding hydrogens is 405 g/mol. The number of benzene rings is 2. The van der Waals surface area contributed by atoms with Gasteiger partial charge in [0.15, 0.2) is 0 Å². The summed E-state index contributed by atoms with van der Waals surface area (Å²) in [5, 5.41) is 2.95. The summed E-state index contributed by atoms with van der Waals surface area (Å²) in [6.45, 7) is 7.21. The molecule has 1 N–H and O–H groups in total. The van der Waals surface area contributed by atoms with E-state index >= 15 is 0 Å². The third-order valence-electron chi connectivity index (χ3n) is 5.59. The molecule has 6 nitrogen and oxygen atoms in total. The largest absolute Gasteiger partial charge is 0.348 e. The number of carbonyl (C=O) groups excluding carboxylic acids is 1. The van der Waals surface area contributed by atoms with Gasteiger partial charge in [0.25, 0.3) is 0 Å². The van der Waals surface area contributed by atoms with Gasteiger partial charge in [-0.25, -0.2) is 12.8 Å². The van der Waals surface area contributed by atoms with E-state index in [1.807, 2.05) is 25.7 Å². The van der Waals surface area contributed by atoms with Gasteiger partial charge in [0.2, 0.25) is 15.9 Å². The van der Waals surface area contributed by atoms with Crippen LogP contribution in [0.4, 0.5) is 4.39 Å². The number of piperazine rings is 1. The third kappa shape index (κ3) is 5.06. The molecule has 30 heavy (non-hydrogen) atoms. The van der Waals surface area contributed by atoms with Crippen molar-refractivity contribution in [3.8, 4) is 0 Å². The number of amides is 1. The minimum atomic E-state index is -3.53. The van der Waals surface area contributed by atoms with E-state index in [0.29, 0.717) is 31.1 Å². The third-order valence-corrected chi connectivity index (χ3v) is 7.50. The number of hydrogen-bond donors (Lipinski definition) is 1. The van der Waals surface area contributed by atoms with Crippen molar-refractivity contribution >= 4 is 15.9 Å².